The van der Waals surface area contributed by atoms with Gasteiger partial charge in [0.1, 0.15) is 5.82 Å². The first-order valence-electron chi connectivity index (χ1n) is 7.23. The van der Waals surface area contributed by atoms with Gasteiger partial charge in [0, 0.05) is 18.7 Å². The Morgan fingerprint density at radius 3 is 2.74 bits per heavy atom. The van der Waals surface area contributed by atoms with Crippen LogP contribution in [0.3, 0.4) is 0 Å². The number of H-pyrrole nitrogens is 1. The van der Waals surface area contributed by atoms with E-state index in [9.17, 15) is 14.3 Å². The zero-order chi connectivity index (χ0) is 17.2. The van der Waals surface area contributed by atoms with Crippen LogP contribution in [0.2, 0.25) is 5.02 Å². The molecule has 0 radical (unpaired) electrons. The number of aliphatic hydroxyl groups is 1. The summed E-state index contributed by atoms with van der Waals surface area (Å²) < 4.78 is 13.3. The summed E-state index contributed by atoms with van der Waals surface area (Å²) in [5.41, 5.74) is 0.371. The fraction of sp³-hybridized carbons (Fsp3) is 0.375. The highest BCUT2D eigenvalue weighted by molar-refractivity contribution is 6.31. The summed E-state index contributed by atoms with van der Waals surface area (Å²) in [5, 5.41) is 16.6. The van der Waals surface area contributed by atoms with Crippen molar-refractivity contribution in [2.45, 2.75) is 26.4 Å². The molecule has 1 aromatic heterocycles. The van der Waals surface area contributed by atoms with Crippen LogP contribution in [0, 0.1) is 5.82 Å². The standard InChI is InChI=1S/C16H19ClFN3O2/c1-4-21(9-16(2,3)23)15(22)11-8-19-20-14(11)10-5-6-13(18)12(17)7-10/h5-8,23H,4,9H2,1-3H3,(H,19,20). The second kappa shape index (κ2) is 6.68. The van der Waals surface area contributed by atoms with Gasteiger partial charge in [-0.3, -0.25) is 9.89 Å². The molecule has 124 valence electrons. The largest absolute Gasteiger partial charge is 0.389 e. The van der Waals surface area contributed by atoms with Crippen LogP contribution in [0.15, 0.2) is 24.4 Å². The third kappa shape index (κ3) is 4.09. The lowest BCUT2D eigenvalue weighted by Crippen LogP contribution is -2.42. The number of rotatable bonds is 5. The van der Waals surface area contributed by atoms with Crippen molar-refractivity contribution in [2.24, 2.45) is 0 Å². The van der Waals surface area contributed by atoms with Crippen LogP contribution in [-0.2, 0) is 0 Å². The van der Waals surface area contributed by atoms with Gasteiger partial charge in [-0.05, 0) is 39.0 Å². The molecule has 1 heterocycles. The van der Waals surface area contributed by atoms with E-state index in [-0.39, 0.29) is 17.5 Å². The van der Waals surface area contributed by atoms with Crippen molar-refractivity contribution in [1.82, 2.24) is 15.1 Å². The first-order chi connectivity index (χ1) is 10.7. The number of aromatic nitrogens is 2. The molecule has 2 N–H and O–H groups in total. The number of amides is 1. The minimum Gasteiger partial charge on any atom is -0.389 e. The molecule has 23 heavy (non-hydrogen) atoms. The Hall–Kier alpha value is -1.92. The predicted octanol–water partition coefficient (Wildman–Crippen LogP) is 3.10. The van der Waals surface area contributed by atoms with E-state index in [1.807, 2.05) is 6.92 Å². The molecule has 0 aliphatic carbocycles. The van der Waals surface area contributed by atoms with Crippen LogP contribution < -0.4 is 0 Å². The maximum atomic E-state index is 13.3. The maximum Gasteiger partial charge on any atom is 0.257 e. The van der Waals surface area contributed by atoms with Crippen LogP contribution in [-0.4, -0.2) is 44.8 Å². The number of hydrogen-bond donors (Lipinski definition) is 2. The summed E-state index contributed by atoms with van der Waals surface area (Å²) in [6, 6.07) is 4.20. The molecular weight excluding hydrogens is 321 g/mol. The molecule has 0 fully saturated rings. The normalized spacial score (nSPS) is 11.6. The number of likely N-dealkylation sites (N-methyl/N-ethyl adjacent to an activating group) is 1. The van der Waals surface area contributed by atoms with Gasteiger partial charge in [0.05, 0.1) is 28.1 Å². The molecule has 0 saturated heterocycles. The fourth-order valence-corrected chi connectivity index (χ4v) is 2.47. The van der Waals surface area contributed by atoms with Gasteiger partial charge in [-0.1, -0.05) is 11.6 Å². The van der Waals surface area contributed by atoms with Crippen LogP contribution in [0.4, 0.5) is 4.39 Å². The lowest BCUT2D eigenvalue weighted by atomic mass is 10.1. The van der Waals surface area contributed by atoms with Gasteiger partial charge in [-0.25, -0.2) is 4.39 Å². The zero-order valence-electron chi connectivity index (χ0n) is 13.2. The van der Waals surface area contributed by atoms with Gasteiger partial charge in [-0.15, -0.1) is 0 Å². The highest BCUT2D eigenvalue weighted by atomic mass is 35.5. The highest BCUT2D eigenvalue weighted by Crippen LogP contribution is 2.27. The SMILES string of the molecule is CCN(CC(C)(C)O)C(=O)c1cn[nH]c1-c1ccc(F)c(Cl)c1. The van der Waals surface area contributed by atoms with Crippen LogP contribution in [0.1, 0.15) is 31.1 Å². The quantitative estimate of drug-likeness (QED) is 0.879. The molecule has 2 rings (SSSR count). The zero-order valence-corrected chi connectivity index (χ0v) is 14.0. The topological polar surface area (TPSA) is 69.2 Å². The monoisotopic (exact) mass is 339 g/mol. The maximum absolute atomic E-state index is 13.3. The van der Waals surface area contributed by atoms with Gasteiger partial charge in [-0.2, -0.15) is 5.10 Å². The van der Waals surface area contributed by atoms with Crippen molar-refractivity contribution >= 4 is 17.5 Å². The van der Waals surface area contributed by atoms with Gasteiger partial charge >= 0.3 is 0 Å². The minimum absolute atomic E-state index is 0.0284. The van der Waals surface area contributed by atoms with Crippen LogP contribution in [0.5, 0.6) is 0 Å². The number of hydrogen-bond acceptors (Lipinski definition) is 3. The number of carbonyl (C=O) groups excluding carboxylic acids is 1. The second-order valence-electron chi connectivity index (χ2n) is 5.92. The molecule has 0 spiro atoms. The van der Waals surface area contributed by atoms with E-state index in [1.54, 1.807) is 13.8 Å². The average Bonchev–Trinajstić information content (AvgIpc) is 2.95. The first-order valence-corrected chi connectivity index (χ1v) is 7.61. The molecule has 0 atom stereocenters. The lowest BCUT2D eigenvalue weighted by molar-refractivity contribution is 0.0315. The van der Waals surface area contributed by atoms with Crippen molar-refractivity contribution in [1.29, 1.82) is 0 Å². The van der Waals surface area contributed by atoms with E-state index in [2.05, 4.69) is 10.2 Å². The van der Waals surface area contributed by atoms with Crippen molar-refractivity contribution < 1.29 is 14.3 Å². The Balaban J connectivity index is 2.36. The third-order valence-electron chi connectivity index (χ3n) is 3.32. The smallest absolute Gasteiger partial charge is 0.257 e. The Labute approximate surface area is 139 Å². The Kier molecular flexibility index (Phi) is 5.06. The van der Waals surface area contributed by atoms with Crippen molar-refractivity contribution in [3.8, 4) is 11.3 Å². The van der Waals surface area contributed by atoms with Crippen molar-refractivity contribution in [3.05, 3.63) is 40.8 Å². The van der Waals surface area contributed by atoms with E-state index < -0.39 is 11.4 Å². The highest BCUT2D eigenvalue weighted by Gasteiger charge is 2.25. The van der Waals surface area contributed by atoms with E-state index >= 15 is 0 Å². The molecule has 1 amide bonds. The Morgan fingerprint density at radius 1 is 1.48 bits per heavy atom. The molecule has 2 aromatic rings. The molecule has 0 aliphatic heterocycles. The molecule has 0 saturated carbocycles. The predicted molar refractivity (Wildman–Crippen MR) is 86.9 cm³/mol. The minimum atomic E-state index is -1.01. The van der Waals surface area contributed by atoms with E-state index in [0.717, 1.165) is 0 Å². The molecule has 0 unspecified atom stereocenters. The third-order valence-corrected chi connectivity index (χ3v) is 3.61. The molecule has 1 aromatic carbocycles. The second-order valence-corrected chi connectivity index (χ2v) is 6.33. The summed E-state index contributed by atoms with van der Waals surface area (Å²) >= 11 is 5.80. The van der Waals surface area contributed by atoms with E-state index in [0.29, 0.717) is 23.4 Å². The first kappa shape index (κ1) is 17.4. The molecule has 0 bridgehead atoms. The molecule has 7 heteroatoms. The Morgan fingerprint density at radius 2 is 2.17 bits per heavy atom. The van der Waals surface area contributed by atoms with Crippen LogP contribution in [0.25, 0.3) is 11.3 Å². The number of aromatic amines is 1. The van der Waals surface area contributed by atoms with E-state index in [1.165, 1.54) is 29.3 Å². The lowest BCUT2D eigenvalue weighted by Gasteiger charge is -2.28. The molecular formula is C16H19ClFN3O2. The summed E-state index contributed by atoms with van der Waals surface area (Å²) in [7, 11) is 0. The molecule has 5 nitrogen and oxygen atoms in total. The van der Waals surface area contributed by atoms with Crippen LogP contribution >= 0.6 is 11.6 Å². The van der Waals surface area contributed by atoms with Gasteiger partial charge < -0.3 is 10.0 Å². The Bertz CT molecular complexity index is 710. The fourth-order valence-electron chi connectivity index (χ4n) is 2.28. The molecule has 0 aliphatic rings. The van der Waals surface area contributed by atoms with E-state index in [4.69, 9.17) is 11.6 Å². The van der Waals surface area contributed by atoms with Crippen molar-refractivity contribution in [3.63, 3.8) is 0 Å². The number of halogens is 2. The summed E-state index contributed by atoms with van der Waals surface area (Å²) in [6.07, 6.45) is 1.42. The van der Waals surface area contributed by atoms with Crippen molar-refractivity contribution in [2.75, 3.05) is 13.1 Å². The van der Waals surface area contributed by atoms with Gasteiger partial charge in [0.25, 0.3) is 5.91 Å². The average molecular weight is 340 g/mol. The number of carbonyl (C=O) groups is 1. The summed E-state index contributed by atoms with van der Waals surface area (Å²) in [5.74, 6) is -0.793. The van der Waals surface area contributed by atoms with Gasteiger partial charge in [0.15, 0.2) is 0 Å². The number of benzene rings is 1. The number of nitrogens with zero attached hydrogens (tertiary/aromatic N) is 2. The van der Waals surface area contributed by atoms with Gasteiger partial charge in [0.2, 0.25) is 0 Å². The number of nitrogens with one attached hydrogen (secondary N) is 1. The summed E-state index contributed by atoms with van der Waals surface area (Å²) in [6.45, 7) is 5.74. The summed E-state index contributed by atoms with van der Waals surface area (Å²) in [4.78, 5) is 14.2.